The molecule has 134 valence electrons. The van der Waals surface area contributed by atoms with Crippen molar-refractivity contribution >= 4 is 11.8 Å². The molecule has 0 bridgehead atoms. The molecule has 1 aromatic carbocycles. The molecule has 0 amide bonds. The Bertz CT molecular complexity index is 501. The molecule has 0 saturated carbocycles. The zero-order valence-electron chi connectivity index (χ0n) is 14.3. The number of unbranched alkanes of at least 4 members (excludes halogenated alkanes) is 7. The fourth-order valence-corrected chi connectivity index (χ4v) is 2.69. The molecule has 6 heteroatoms. The van der Waals surface area contributed by atoms with E-state index in [1.807, 2.05) is 0 Å². The van der Waals surface area contributed by atoms with Gasteiger partial charge in [-0.1, -0.05) is 51.9 Å². The third-order valence-electron chi connectivity index (χ3n) is 4.04. The molecular weight excluding hydrogens is 310 g/mol. The first-order valence-corrected chi connectivity index (χ1v) is 8.68. The maximum absolute atomic E-state index is 10.9. The predicted octanol–water partition coefficient (Wildman–Crippen LogP) is 5.86. The third kappa shape index (κ3) is 7.94. The molecule has 0 aliphatic rings. The quantitative estimate of drug-likeness (QED) is 0.223. The van der Waals surface area contributed by atoms with E-state index in [2.05, 4.69) is 6.92 Å². The SMILES string of the molecule is CCCCCCCCCCC(OC(=O)O)c1ccc([N+](=O)[O-])cc1. The van der Waals surface area contributed by atoms with Crippen LogP contribution in [0.25, 0.3) is 0 Å². The van der Waals surface area contributed by atoms with Crippen LogP contribution < -0.4 is 0 Å². The summed E-state index contributed by atoms with van der Waals surface area (Å²) in [5, 5.41) is 19.6. The molecule has 1 aromatic rings. The van der Waals surface area contributed by atoms with Crippen molar-refractivity contribution in [3.63, 3.8) is 0 Å². The second-order valence-electron chi connectivity index (χ2n) is 5.98. The molecular formula is C18H27NO5. The number of nitro benzene ring substituents is 1. The number of carboxylic acid groups (broad SMARTS) is 1. The lowest BCUT2D eigenvalue weighted by atomic mass is 10.0. The summed E-state index contributed by atoms with van der Waals surface area (Å²) in [6.45, 7) is 2.20. The van der Waals surface area contributed by atoms with Crippen molar-refractivity contribution in [2.75, 3.05) is 0 Å². The lowest BCUT2D eigenvalue weighted by Gasteiger charge is -2.16. The van der Waals surface area contributed by atoms with Crippen LogP contribution in [-0.4, -0.2) is 16.2 Å². The van der Waals surface area contributed by atoms with Crippen LogP contribution in [0.2, 0.25) is 0 Å². The summed E-state index contributed by atoms with van der Waals surface area (Å²) in [5.74, 6) is 0. The molecule has 24 heavy (non-hydrogen) atoms. The Balaban J connectivity index is 2.42. The van der Waals surface area contributed by atoms with Crippen LogP contribution in [0.4, 0.5) is 10.5 Å². The highest BCUT2D eigenvalue weighted by molar-refractivity contribution is 5.57. The highest BCUT2D eigenvalue weighted by Crippen LogP contribution is 2.26. The van der Waals surface area contributed by atoms with Crippen molar-refractivity contribution in [2.24, 2.45) is 0 Å². The van der Waals surface area contributed by atoms with Gasteiger partial charge >= 0.3 is 6.16 Å². The zero-order chi connectivity index (χ0) is 17.8. The summed E-state index contributed by atoms with van der Waals surface area (Å²) >= 11 is 0. The standard InChI is InChI=1S/C18H27NO5/c1-2-3-4-5-6-7-8-9-10-17(24-18(20)21)15-11-13-16(14-12-15)19(22)23/h11-14,17H,2-10H2,1H3,(H,20,21). The summed E-state index contributed by atoms with van der Waals surface area (Å²) in [6.07, 6.45) is 8.04. The van der Waals surface area contributed by atoms with Gasteiger partial charge in [-0.05, 0) is 30.5 Å². The molecule has 0 spiro atoms. The van der Waals surface area contributed by atoms with Crippen molar-refractivity contribution in [3.05, 3.63) is 39.9 Å². The first-order valence-electron chi connectivity index (χ1n) is 8.68. The summed E-state index contributed by atoms with van der Waals surface area (Å²) in [6, 6.07) is 5.88. The number of hydrogen-bond acceptors (Lipinski definition) is 4. The van der Waals surface area contributed by atoms with Gasteiger partial charge in [-0.15, -0.1) is 0 Å². The van der Waals surface area contributed by atoms with E-state index in [1.54, 1.807) is 12.1 Å². The number of nitrogens with zero attached hydrogens (tertiary/aromatic N) is 1. The minimum absolute atomic E-state index is 0.0140. The zero-order valence-corrected chi connectivity index (χ0v) is 14.3. The summed E-state index contributed by atoms with van der Waals surface area (Å²) in [5.41, 5.74) is 0.644. The van der Waals surface area contributed by atoms with Gasteiger partial charge in [0, 0.05) is 12.1 Å². The molecule has 0 aliphatic heterocycles. The molecule has 0 aromatic heterocycles. The van der Waals surface area contributed by atoms with Crippen LogP contribution in [-0.2, 0) is 4.74 Å². The van der Waals surface area contributed by atoms with E-state index < -0.39 is 17.2 Å². The van der Waals surface area contributed by atoms with Crippen molar-refractivity contribution in [1.82, 2.24) is 0 Å². The van der Waals surface area contributed by atoms with Crippen molar-refractivity contribution in [3.8, 4) is 0 Å². The van der Waals surface area contributed by atoms with E-state index in [0.29, 0.717) is 12.0 Å². The largest absolute Gasteiger partial charge is 0.506 e. The molecule has 6 nitrogen and oxygen atoms in total. The second kappa shape index (κ2) is 11.4. The Hall–Kier alpha value is -2.11. The number of rotatable bonds is 12. The molecule has 1 rings (SSSR count). The van der Waals surface area contributed by atoms with Gasteiger partial charge in [0.15, 0.2) is 0 Å². The van der Waals surface area contributed by atoms with Gasteiger partial charge in [-0.2, -0.15) is 0 Å². The van der Waals surface area contributed by atoms with Gasteiger partial charge in [0.05, 0.1) is 4.92 Å². The smallest absolute Gasteiger partial charge is 0.450 e. The number of benzene rings is 1. The van der Waals surface area contributed by atoms with Gasteiger partial charge in [-0.25, -0.2) is 4.79 Å². The normalized spacial score (nSPS) is 11.9. The topological polar surface area (TPSA) is 89.7 Å². The van der Waals surface area contributed by atoms with E-state index >= 15 is 0 Å². The van der Waals surface area contributed by atoms with E-state index in [4.69, 9.17) is 9.84 Å². The number of nitro groups is 1. The minimum Gasteiger partial charge on any atom is -0.450 e. The number of carbonyl (C=O) groups is 1. The Morgan fingerprint density at radius 2 is 1.62 bits per heavy atom. The molecule has 0 fully saturated rings. The van der Waals surface area contributed by atoms with E-state index in [0.717, 1.165) is 19.3 Å². The number of hydrogen-bond donors (Lipinski definition) is 1. The van der Waals surface area contributed by atoms with Crippen LogP contribution in [0.15, 0.2) is 24.3 Å². The van der Waals surface area contributed by atoms with Crippen LogP contribution >= 0.6 is 0 Å². The Morgan fingerprint density at radius 3 is 2.12 bits per heavy atom. The maximum Gasteiger partial charge on any atom is 0.506 e. The van der Waals surface area contributed by atoms with Crippen molar-refractivity contribution < 1.29 is 19.6 Å². The maximum atomic E-state index is 10.9. The van der Waals surface area contributed by atoms with E-state index in [-0.39, 0.29) is 5.69 Å². The van der Waals surface area contributed by atoms with Crippen LogP contribution in [0, 0.1) is 10.1 Å². The average Bonchev–Trinajstić information content (AvgIpc) is 2.56. The van der Waals surface area contributed by atoms with Gasteiger partial charge < -0.3 is 9.84 Å². The molecule has 1 unspecified atom stereocenters. The first kappa shape index (κ1) is 19.9. The highest BCUT2D eigenvalue weighted by atomic mass is 16.7. The predicted molar refractivity (Wildman–Crippen MR) is 92.2 cm³/mol. The lowest BCUT2D eigenvalue weighted by molar-refractivity contribution is -0.384. The van der Waals surface area contributed by atoms with Crippen molar-refractivity contribution in [1.29, 1.82) is 0 Å². The van der Waals surface area contributed by atoms with Crippen LogP contribution in [0.3, 0.4) is 0 Å². The van der Waals surface area contributed by atoms with E-state index in [9.17, 15) is 14.9 Å². The summed E-state index contributed by atoms with van der Waals surface area (Å²) in [7, 11) is 0. The third-order valence-corrected chi connectivity index (χ3v) is 4.04. The second-order valence-corrected chi connectivity index (χ2v) is 5.98. The Labute approximate surface area is 143 Å². The summed E-state index contributed by atoms with van der Waals surface area (Å²) in [4.78, 5) is 21.1. The molecule has 1 atom stereocenters. The molecule has 1 N–H and O–H groups in total. The minimum atomic E-state index is -1.32. The first-order chi connectivity index (χ1) is 11.5. The van der Waals surface area contributed by atoms with Crippen LogP contribution in [0.5, 0.6) is 0 Å². The average molecular weight is 337 g/mol. The fraction of sp³-hybridized carbons (Fsp3) is 0.611. The molecule has 0 heterocycles. The van der Waals surface area contributed by atoms with Gasteiger partial charge in [0.25, 0.3) is 5.69 Å². The Kier molecular flexibility index (Phi) is 9.49. The highest BCUT2D eigenvalue weighted by Gasteiger charge is 2.17. The Morgan fingerprint density at radius 1 is 1.08 bits per heavy atom. The molecule has 0 saturated heterocycles. The number of ether oxygens (including phenoxy) is 1. The monoisotopic (exact) mass is 337 g/mol. The fourth-order valence-electron chi connectivity index (χ4n) is 2.69. The van der Waals surface area contributed by atoms with E-state index in [1.165, 1.54) is 44.2 Å². The van der Waals surface area contributed by atoms with Gasteiger partial charge in [0.2, 0.25) is 0 Å². The molecule has 0 aliphatic carbocycles. The molecule has 0 radical (unpaired) electrons. The number of non-ortho nitro benzene ring substituents is 1. The summed E-state index contributed by atoms with van der Waals surface area (Å²) < 4.78 is 4.94. The van der Waals surface area contributed by atoms with Crippen LogP contribution in [0.1, 0.15) is 76.4 Å². The van der Waals surface area contributed by atoms with Gasteiger partial charge in [0.1, 0.15) is 6.10 Å². The van der Waals surface area contributed by atoms with Gasteiger partial charge in [-0.3, -0.25) is 10.1 Å². The lowest BCUT2D eigenvalue weighted by Crippen LogP contribution is -2.09. The van der Waals surface area contributed by atoms with Crippen molar-refractivity contribution in [2.45, 2.75) is 70.8 Å².